The summed E-state index contributed by atoms with van der Waals surface area (Å²) < 4.78 is 40.4. The van der Waals surface area contributed by atoms with Gasteiger partial charge in [-0.25, -0.2) is 0 Å². The van der Waals surface area contributed by atoms with Gasteiger partial charge in [0.15, 0.2) is 11.8 Å². The first kappa shape index (κ1) is 19.0. The SMILES string of the molecule is CN=C(NCc1nnc2n1CCCC2)NCC1CCC(C(F)(F)F)CC1. The van der Waals surface area contributed by atoms with Crippen molar-refractivity contribution >= 4 is 5.96 Å². The molecule has 1 aliphatic heterocycles. The fraction of sp³-hybridized carbons (Fsp3) is 0.824. The second kappa shape index (κ2) is 8.26. The lowest BCUT2D eigenvalue weighted by Gasteiger charge is -2.30. The van der Waals surface area contributed by atoms with Gasteiger partial charge < -0.3 is 15.2 Å². The van der Waals surface area contributed by atoms with Crippen LogP contribution < -0.4 is 10.6 Å². The van der Waals surface area contributed by atoms with Crippen LogP contribution in [-0.4, -0.2) is 40.5 Å². The van der Waals surface area contributed by atoms with Crippen molar-refractivity contribution in [3.63, 3.8) is 0 Å². The summed E-state index contributed by atoms with van der Waals surface area (Å²) in [4.78, 5) is 4.20. The normalized spacial score (nSPS) is 24.2. The largest absolute Gasteiger partial charge is 0.391 e. The summed E-state index contributed by atoms with van der Waals surface area (Å²) in [6, 6.07) is 0. The van der Waals surface area contributed by atoms with Gasteiger partial charge in [0.05, 0.1) is 12.5 Å². The highest BCUT2D eigenvalue weighted by atomic mass is 19.4. The molecule has 0 bridgehead atoms. The van der Waals surface area contributed by atoms with E-state index in [9.17, 15) is 13.2 Å². The van der Waals surface area contributed by atoms with Crippen LogP contribution >= 0.6 is 0 Å². The summed E-state index contributed by atoms with van der Waals surface area (Å²) in [5.41, 5.74) is 0. The van der Waals surface area contributed by atoms with Gasteiger partial charge >= 0.3 is 6.18 Å². The molecule has 1 saturated carbocycles. The third-order valence-electron chi connectivity index (χ3n) is 5.44. The van der Waals surface area contributed by atoms with E-state index in [1.54, 1.807) is 7.05 Å². The molecular weight excluding hydrogens is 345 g/mol. The predicted molar refractivity (Wildman–Crippen MR) is 92.7 cm³/mol. The second-order valence-electron chi connectivity index (χ2n) is 7.21. The number of halogens is 3. The molecule has 0 atom stereocenters. The molecule has 9 heteroatoms. The van der Waals surface area contributed by atoms with E-state index >= 15 is 0 Å². The molecule has 0 saturated heterocycles. The van der Waals surface area contributed by atoms with Crippen LogP contribution in [0, 0.1) is 11.8 Å². The van der Waals surface area contributed by atoms with Crippen LogP contribution in [0.5, 0.6) is 0 Å². The average molecular weight is 372 g/mol. The van der Waals surface area contributed by atoms with Crippen LogP contribution in [0.2, 0.25) is 0 Å². The van der Waals surface area contributed by atoms with Crippen LogP contribution in [0.15, 0.2) is 4.99 Å². The van der Waals surface area contributed by atoms with Gasteiger partial charge in [0.1, 0.15) is 5.82 Å². The first-order valence-corrected chi connectivity index (χ1v) is 9.39. The van der Waals surface area contributed by atoms with Gasteiger partial charge in [-0.3, -0.25) is 4.99 Å². The Kier molecular flexibility index (Phi) is 6.03. The van der Waals surface area contributed by atoms with Crippen LogP contribution in [0.4, 0.5) is 13.2 Å². The maximum atomic E-state index is 12.7. The Bertz CT molecular complexity index is 617. The maximum Gasteiger partial charge on any atom is 0.391 e. The van der Waals surface area contributed by atoms with Crippen LogP contribution in [0.25, 0.3) is 0 Å². The van der Waals surface area contributed by atoms with Crippen molar-refractivity contribution in [3.8, 4) is 0 Å². The highest BCUT2D eigenvalue weighted by Crippen LogP contribution is 2.39. The van der Waals surface area contributed by atoms with E-state index in [-0.39, 0.29) is 18.8 Å². The molecule has 146 valence electrons. The topological polar surface area (TPSA) is 67.1 Å². The van der Waals surface area contributed by atoms with Crippen molar-refractivity contribution in [1.82, 2.24) is 25.4 Å². The number of alkyl halides is 3. The van der Waals surface area contributed by atoms with Gasteiger partial charge in [-0.1, -0.05) is 0 Å². The molecule has 3 rings (SSSR count). The van der Waals surface area contributed by atoms with Crippen molar-refractivity contribution in [2.45, 2.75) is 64.2 Å². The summed E-state index contributed by atoms with van der Waals surface area (Å²) in [7, 11) is 1.69. The monoisotopic (exact) mass is 372 g/mol. The number of nitrogens with zero attached hydrogens (tertiary/aromatic N) is 4. The minimum atomic E-state index is -4.05. The number of aliphatic imine (C=N–C) groups is 1. The van der Waals surface area contributed by atoms with Crippen LogP contribution in [-0.2, 0) is 19.5 Å². The molecule has 0 spiro atoms. The number of guanidine groups is 1. The summed E-state index contributed by atoms with van der Waals surface area (Å²) in [6.07, 6.45) is 0.893. The zero-order chi connectivity index (χ0) is 18.6. The maximum absolute atomic E-state index is 12.7. The van der Waals surface area contributed by atoms with Gasteiger partial charge in [0.2, 0.25) is 0 Å². The molecule has 2 aliphatic rings. The highest BCUT2D eigenvalue weighted by Gasteiger charge is 2.41. The van der Waals surface area contributed by atoms with Crippen molar-refractivity contribution in [2.75, 3.05) is 13.6 Å². The molecule has 1 aromatic heterocycles. The highest BCUT2D eigenvalue weighted by molar-refractivity contribution is 5.79. The fourth-order valence-electron chi connectivity index (χ4n) is 3.82. The van der Waals surface area contributed by atoms with Crippen LogP contribution in [0.1, 0.15) is 50.2 Å². The average Bonchev–Trinajstić information content (AvgIpc) is 3.05. The lowest BCUT2D eigenvalue weighted by Crippen LogP contribution is -2.41. The Labute approximate surface area is 151 Å². The minimum Gasteiger partial charge on any atom is -0.356 e. The molecule has 0 amide bonds. The Morgan fingerprint density at radius 2 is 1.92 bits per heavy atom. The molecule has 0 unspecified atom stereocenters. The lowest BCUT2D eigenvalue weighted by atomic mass is 9.81. The van der Waals surface area contributed by atoms with Gasteiger partial charge in [0, 0.05) is 26.6 Å². The Hall–Kier alpha value is -1.80. The standard InChI is InChI=1S/C17H27F3N6/c1-21-16(22-10-12-5-7-13(8-6-12)17(18,19)20)23-11-15-25-24-14-4-2-3-9-26(14)15/h12-13H,2-11H2,1H3,(H2,21,22,23). The zero-order valence-corrected chi connectivity index (χ0v) is 15.1. The van der Waals surface area contributed by atoms with Crippen molar-refractivity contribution in [2.24, 2.45) is 16.8 Å². The van der Waals surface area contributed by atoms with Crippen molar-refractivity contribution < 1.29 is 13.2 Å². The molecule has 0 radical (unpaired) electrons. The summed E-state index contributed by atoms with van der Waals surface area (Å²) in [5, 5.41) is 14.9. The zero-order valence-electron chi connectivity index (χ0n) is 15.1. The number of aromatic nitrogens is 3. The lowest BCUT2D eigenvalue weighted by molar-refractivity contribution is -0.183. The van der Waals surface area contributed by atoms with Crippen LogP contribution in [0.3, 0.4) is 0 Å². The Morgan fingerprint density at radius 3 is 2.62 bits per heavy atom. The second-order valence-corrected chi connectivity index (χ2v) is 7.21. The number of fused-ring (bicyclic) bond motifs is 1. The number of aryl methyl sites for hydroxylation is 1. The third kappa shape index (κ3) is 4.67. The summed E-state index contributed by atoms with van der Waals surface area (Å²) in [6.45, 7) is 2.13. The van der Waals surface area contributed by atoms with E-state index in [2.05, 4.69) is 30.4 Å². The summed E-state index contributed by atoms with van der Waals surface area (Å²) >= 11 is 0. The third-order valence-corrected chi connectivity index (χ3v) is 5.44. The number of hydrogen-bond acceptors (Lipinski definition) is 3. The first-order chi connectivity index (χ1) is 12.5. The Morgan fingerprint density at radius 1 is 1.15 bits per heavy atom. The minimum absolute atomic E-state index is 0.230. The molecule has 26 heavy (non-hydrogen) atoms. The molecule has 1 aromatic rings. The van der Waals surface area contributed by atoms with E-state index in [0.717, 1.165) is 37.5 Å². The molecule has 6 nitrogen and oxygen atoms in total. The van der Waals surface area contributed by atoms with E-state index < -0.39 is 12.1 Å². The van der Waals surface area contributed by atoms with Gasteiger partial charge in [-0.15, -0.1) is 10.2 Å². The first-order valence-electron chi connectivity index (χ1n) is 9.39. The molecule has 1 aliphatic carbocycles. The smallest absolute Gasteiger partial charge is 0.356 e. The van der Waals surface area contributed by atoms with Crippen molar-refractivity contribution in [1.29, 1.82) is 0 Å². The van der Waals surface area contributed by atoms with Crippen molar-refractivity contribution in [3.05, 3.63) is 11.6 Å². The van der Waals surface area contributed by atoms with E-state index in [1.165, 1.54) is 0 Å². The molecule has 1 fully saturated rings. The van der Waals surface area contributed by atoms with E-state index in [1.807, 2.05) is 0 Å². The predicted octanol–water partition coefficient (Wildman–Crippen LogP) is 2.65. The molecule has 0 aromatic carbocycles. The fourth-order valence-corrected chi connectivity index (χ4v) is 3.82. The number of hydrogen-bond donors (Lipinski definition) is 2. The van der Waals surface area contributed by atoms with Gasteiger partial charge in [-0.2, -0.15) is 13.2 Å². The van der Waals surface area contributed by atoms with E-state index in [0.29, 0.717) is 31.9 Å². The number of nitrogens with one attached hydrogen (secondary N) is 2. The van der Waals surface area contributed by atoms with Gasteiger partial charge in [0.25, 0.3) is 0 Å². The molecule has 2 heterocycles. The molecular formula is C17H27F3N6. The quantitative estimate of drug-likeness (QED) is 0.630. The van der Waals surface area contributed by atoms with Gasteiger partial charge in [-0.05, 0) is 44.4 Å². The summed E-state index contributed by atoms with van der Waals surface area (Å²) in [5.74, 6) is 1.71. The molecule has 2 N–H and O–H groups in total. The number of rotatable bonds is 4. The van der Waals surface area contributed by atoms with E-state index in [4.69, 9.17) is 0 Å². The Balaban J connectivity index is 1.42.